The van der Waals surface area contributed by atoms with Crippen LogP contribution in [0.3, 0.4) is 0 Å². The first-order valence-electron chi connectivity index (χ1n) is 11.8. The molecule has 0 bridgehead atoms. The lowest BCUT2D eigenvalue weighted by atomic mass is 9.98. The maximum atomic E-state index is 12.7. The van der Waals surface area contributed by atoms with Crippen LogP contribution in [0.15, 0.2) is 91.3 Å². The molecule has 36 heavy (non-hydrogen) atoms. The van der Waals surface area contributed by atoms with Crippen LogP contribution in [-0.2, 0) is 13.1 Å². The first kappa shape index (κ1) is 23.1. The van der Waals surface area contributed by atoms with E-state index in [0.717, 1.165) is 34.5 Å². The highest BCUT2D eigenvalue weighted by molar-refractivity contribution is 5.99. The molecule has 0 saturated carbocycles. The van der Waals surface area contributed by atoms with Crippen molar-refractivity contribution in [2.24, 2.45) is 5.73 Å². The van der Waals surface area contributed by atoms with Crippen LogP contribution in [-0.4, -0.2) is 29.9 Å². The topological polar surface area (TPSA) is 97.5 Å². The largest absolute Gasteiger partial charge is 0.490 e. The molecule has 1 aliphatic rings. The van der Waals surface area contributed by atoms with E-state index >= 15 is 0 Å². The number of fused-ring (bicyclic) bond motifs is 1. The lowest BCUT2D eigenvalue weighted by Crippen LogP contribution is -2.32. The molecule has 1 aromatic heterocycles. The first-order chi connectivity index (χ1) is 17.6. The van der Waals surface area contributed by atoms with E-state index in [1.807, 2.05) is 54.6 Å². The number of nitrogens with zero attached hydrogens (tertiary/aromatic N) is 2. The second kappa shape index (κ2) is 10.3. The molecule has 0 fully saturated rings. The Morgan fingerprint density at radius 3 is 2.58 bits per heavy atom. The predicted molar refractivity (Wildman–Crippen MR) is 139 cm³/mol. The Hall–Kier alpha value is -4.65. The summed E-state index contributed by atoms with van der Waals surface area (Å²) < 4.78 is 5.88. The normalized spacial score (nSPS) is 12.4. The van der Waals surface area contributed by atoms with Crippen LogP contribution < -0.4 is 20.7 Å². The van der Waals surface area contributed by atoms with Gasteiger partial charge in [-0.2, -0.15) is 0 Å². The molecule has 3 N–H and O–H groups in total. The molecule has 0 saturated heterocycles. The quantitative estimate of drug-likeness (QED) is 0.415. The number of hydrogen-bond donors (Lipinski definition) is 2. The molecule has 0 radical (unpaired) electrons. The van der Waals surface area contributed by atoms with Crippen molar-refractivity contribution in [2.75, 3.05) is 18.1 Å². The van der Waals surface area contributed by atoms with Crippen LogP contribution in [0.1, 0.15) is 31.8 Å². The van der Waals surface area contributed by atoms with E-state index in [1.54, 1.807) is 24.5 Å². The van der Waals surface area contributed by atoms with Crippen molar-refractivity contribution >= 4 is 17.5 Å². The van der Waals surface area contributed by atoms with Crippen LogP contribution >= 0.6 is 0 Å². The van der Waals surface area contributed by atoms with Gasteiger partial charge in [-0.3, -0.25) is 14.6 Å². The van der Waals surface area contributed by atoms with Gasteiger partial charge < -0.3 is 20.7 Å². The van der Waals surface area contributed by atoms with E-state index < -0.39 is 5.91 Å². The minimum absolute atomic E-state index is 0.158. The monoisotopic (exact) mass is 478 g/mol. The summed E-state index contributed by atoms with van der Waals surface area (Å²) in [5.41, 5.74) is 11.4. The van der Waals surface area contributed by atoms with Crippen LogP contribution in [0.4, 0.5) is 5.69 Å². The number of pyridine rings is 1. The van der Waals surface area contributed by atoms with E-state index in [1.165, 1.54) is 0 Å². The van der Waals surface area contributed by atoms with Crippen molar-refractivity contribution in [3.05, 3.63) is 114 Å². The van der Waals surface area contributed by atoms with Crippen LogP contribution in [0.2, 0.25) is 0 Å². The third-order valence-corrected chi connectivity index (χ3v) is 6.19. The molecule has 2 amide bonds. The van der Waals surface area contributed by atoms with E-state index in [-0.39, 0.29) is 5.91 Å². The van der Waals surface area contributed by atoms with Gasteiger partial charge in [0.25, 0.3) is 5.91 Å². The minimum atomic E-state index is -0.440. The van der Waals surface area contributed by atoms with E-state index in [4.69, 9.17) is 10.5 Å². The molecule has 180 valence electrons. The summed E-state index contributed by atoms with van der Waals surface area (Å²) in [5.74, 6) is 0.0983. The number of carbonyl (C=O) groups excluding carboxylic acids is 2. The fraction of sp³-hybridized carbons (Fsp3) is 0.138. The smallest absolute Gasteiger partial charge is 0.251 e. The average Bonchev–Trinajstić information content (AvgIpc) is 2.92. The Labute approximate surface area is 209 Å². The fourth-order valence-corrected chi connectivity index (χ4v) is 4.33. The van der Waals surface area contributed by atoms with Crippen molar-refractivity contribution in [3.63, 3.8) is 0 Å². The third-order valence-electron chi connectivity index (χ3n) is 6.19. The maximum Gasteiger partial charge on any atom is 0.251 e. The van der Waals surface area contributed by atoms with Crippen LogP contribution in [0.5, 0.6) is 5.75 Å². The number of aromatic nitrogens is 1. The van der Waals surface area contributed by atoms with Crippen molar-refractivity contribution in [1.29, 1.82) is 0 Å². The Balaban J connectivity index is 1.28. The Morgan fingerprint density at radius 1 is 0.972 bits per heavy atom. The molecule has 7 heteroatoms. The number of ether oxygens (including phenoxy) is 1. The van der Waals surface area contributed by atoms with Gasteiger partial charge in [0, 0.05) is 36.6 Å². The number of nitrogens with two attached hydrogens (primary N) is 1. The van der Waals surface area contributed by atoms with E-state index in [9.17, 15) is 9.59 Å². The van der Waals surface area contributed by atoms with Gasteiger partial charge in [-0.05, 0) is 52.6 Å². The molecule has 7 nitrogen and oxygen atoms in total. The molecule has 3 aromatic carbocycles. The highest BCUT2D eigenvalue weighted by Crippen LogP contribution is 2.34. The number of benzene rings is 3. The lowest BCUT2D eigenvalue weighted by molar-refractivity contribution is 0.0949. The fourth-order valence-electron chi connectivity index (χ4n) is 4.33. The summed E-state index contributed by atoms with van der Waals surface area (Å²) in [4.78, 5) is 30.8. The van der Waals surface area contributed by atoms with Gasteiger partial charge >= 0.3 is 0 Å². The second-order valence-corrected chi connectivity index (χ2v) is 8.60. The standard InChI is InChI=1S/C29H26N4O3/c30-28(34)25-6-2-1-5-24(25)22-9-7-20(8-10-22)19-33-14-15-36-27-16-23(11-12-26(27)33)29(35)32-18-21-4-3-13-31-17-21/h1-13,16-17H,14-15,18-19H2,(H2,30,34)(H,32,35). The zero-order valence-electron chi connectivity index (χ0n) is 19.7. The molecule has 4 aromatic rings. The average molecular weight is 479 g/mol. The van der Waals surface area contributed by atoms with Gasteiger partial charge in [0.2, 0.25) is 5.91 Å². The SMILES string of the molecule is NC(=O)c1ccccc1-c1ccc(CN2CCOc3cc(C(=O)NCc4cccnc4)ccc32)cc1. The van der Waals surface area contributed by atoms with Gasteiger partial charge in [0.15, 0.2) is 0 Å². The number of rotatable bonds is 7. The highest BCUT2D eigenvalue weighted by Gasteiger charge is 2.20. The van der Waals surface area contributed by atoms with Crippen molar-refractivity contribution in [3.8, 4) is 16.9 Å². The minimum Gasteiger partial charge on any atom is -0.490 e. The molecule has 1 aliphatic heterocycles. The van der Waals surface area contributed by atoms with Gasteiger partial charge in [-0.1, -0.05) is 48.5 Å². The molecule has 5 rings (SSSR count). The Kier molecular flexibility index (Phi) is 6.62. The molecule has 0 aliphatic carbocycles. The summed E-state index contributed by atoms with van der Waals surface area (Å²) in [6.45, 7) is 2.39. The number of primary amides is 1. The number of nitrogens with one attached hydrogen (secondary N) is 1. The Morgan fingerprint density at radius 2 is 1.81 bits per heavy atom. The summed E-state index contributed by atoms with van der Waals surface area (Å²) in [7, 11) is 0. The lowest BCUT2D eigenvalue weighted by Gasteiger charge is -2.31. The van der Waals surface area contributed by atoms with Crippen molar-refractivity contribution in [1.82, 2.24) is 10.3 Å². The van der Waals surface area contributed by atoms with Gasteiger partial charge in [-0.15, -0.1) is 0 Å². The zero-order valence-corrected chi connectivity index (χ0v) is 19.7. The number of anilines is 1. The third kappa shape index (κ3) is 5.05. The molecule has 2 heterocycles. The molecular formula is C29H26N4O3. The summed E-state index contributed by atoms with van der Waals surface area (Å²) in [5, 5.41) is 2.93. The Bertz CT molecular complexity index is 1390. The maximum absolute atomic E-state index is 12.7. The van der Waals surface area contributed by atoms with E-state index in [0.29, 0.717) is 36.6 Å². The number of hydrogen-bond acceptors (Lipinski definition) is 5. The van der Waals surface area contributed by atoms with Crippen molar-refractivity contribution < 1.29 is 14.3 Å². The van der Waals surface area contributed by atoms with Gasteiger partial charge in [0.1, 0.15) is 12.4 Å². The first-order valence-corrected chi connectivity index (χ1v) is 11.8. The summed E-state index contributed by atoms with van der Waals surface area (Å²) >= 11 is 0. The molecule has 0 unspecified atom stereocenters. The zero-order chi connectivity index (χ0) is 24.9. The van der Waals surface area contributed by atoms with Crippen LogP contribution in [0.25, 0.3) is 11.1 Å². The van der Waals surface area contributed by atoms with Gasteiger partial charge in [0.05, 0.1) is 12.2 Å². The summed E-state index contributed by atoms with van der Waals surface area (Å²) in [6, 6.07) is 24.8. The van der Waals surface area contributed by atoms with Crippen LogP contribution in [0, 0.1) is 0 Å². The van der Waals surface area contributed by atoms with Gasteiger partial charge in [-0.25, -0.2) is 0 Å². The predicted octanol–water partition coefficient (Wildman–Crippen LogP) is 4.18. The van der Waals surface area contributed by atoms with Crippen molar-refractivity contribution in [2.45, 2.75) is 13.1 Å². The summed E-state index contributed by atoms with van der Waals surface area (Å²) in [6.07, 6.45) is 3.44. The second-order valence-electron chi connectivity index (χ2n) is 8.60. The molecule has 0 atom stereocenters. The van der Waals surface area contributed by atoms with E-state index in [2.05, 4.69) is 27.3 Å². The molecular weight excluding hydrogens is 452 g/mol. The highest BCUT2D eigenvalue weighted by atomic mass is 16.5. The number of amides is 2. The number of carbonyl (C=O) groups is 2. The molecule has 0 spiro atoms.